The van der Waals surface area contributed by atoms with Gasteiger partial charge in [0.25, 0.3) is 5.91 Å². The number of hydrogen-bond donors (Lipinski definition) is 3. The number of ether oxygens (including phenoxy) is 2. The van der Waals surface area contributed by atoms with Crippen LogP contribution in [0.4, 0.5) is 24.7 Å². The molecule has 2 aromatic heterocycles. The van der Waals surface area contributed by atoms with Crippen LogP contribution in [0.3, 0.4) is 0 Å². The fraction of sp³-hybridized carbons (Fsp3) is 0.346. The van der Waals surface area contributed by atoms with Crippen LogP contribution in [0.2, 0.25) is 0 Å². The Balaban J connectivity index is 1.52. The number of halogens is 3. The molecule has 3 aromatic rings. The SMILES string of the molecule is COc1cc(CNc2ncccc2C(=O)Nc2cc(OC(C)C3CCCN3)cc(C(F)(F)F)c2)ccn1. The summed E-state index contributed by atoms with van der Waals surface area (Å²) in [5, 5.41) is 8.94. The Bertz CT molecular complexity index is 1230. The molecular formula is C26H28F3N5O3. The Morgan fingerprint density at radius 1 is 1.19 bits per heavy atom. The van der Waals surface area contributed by atoms with Crippen LogP contribution in [0.25, 0.3) is 0 Å². The van der Waals surface area contributed by atoms with Gasteiger partial charge < -0.3 is 25.4 Å². The third kappa shape index (κ3) is 6.88. The number of carbonyl (C=O) groups is 1. The van der Waals surface area contributed by atoms with Crippen LogP contribution in [0.1, 0.15) is 41.3 Å². The van der Waals surface area contributed by atoms with Crippen molar-refractivity contribution in [1.82, 2.24) is 15.3 Å². The highest BCUT2D eigenvalue weighted by Gasteiger charge is 2.32. The lowest BCUT2D eigenvalue weighted by atomic mass is 10.1. The third-order valence-corrected chi connectivity index (χ3v) is 6.00. The number of amides is 1. The zero-order valence-electron chi connectivity index (χ0n) is 20.4. The molecule has 1 amide bonds. The van der Waals surface area contributed by atoms with E-state index in [0.29, 0.717) is 12.4 Å². The van der Waals surface area contributed by atoms with Crippen LogP contribution in [0.15, 0.2) is 54.9 Å². The highest BCUT2D eigenvalue weighted by molar-refractivity contribution is 6.07. The maximum atomic E-state index is 13.6. The van der Waals surface area contributed by atoms with Gasteiger partial charge in [-0.1, -0.05) is 0 Å². The molecule has 0 aliphatic carbocycles. The zero-order valence-corrected chi connectivity index (χ0v) is 20.4. The molecule has 3 N–H and O–H groups in total. The quantitative estimate of drug-likeness (QED) is 0.373. The first kappa shape index (κ1) is 26.2. The molecule has 1 aromatic carbocycles. The average molecular weight is 516 g/mol. The van der Waals surface area contributed by atoms with E-state index < -0.39 is 17.6 Å². The minimum Gasteiger partial charge on any atom is -0.489 e. The van der Waals surface area contributed by atoms with Gasteiger partial charge in [-0.2, -0.15) is 13.2 Å². The van der Waals surface area contributed by atoms with Gasteiger partial charge >= 0.3 is 6.18 Å². The van der Waals surface area contributed by atoms with Crippen molar-refractivity contribution in [2.45, 2.75) is 44.6 Å². The first-order chi connectivity index (χ1) is 17.7. The maximum Gasteiger partial charge on any atom is 0.416 e. The van der Waals surface area contributed by atoms with Crippen LogP contribution in [0.5, 0.6) is 11.6 Å². The second-order valence-electron chi connectivity index (χ2n) is 8.68. The van der Waals surface area contributed by atoms with Crippen LogP contribution < -0.4 is 25.4 Å². The van der Waals surface area contributed by atoms with Crippen molar-refractivity contribution in [3.05, 3.63) is 71.5 Å². The number of hydrogen-bond acceptors (Lipinski definition) is 7. The maximum absolute atomic E-state index is 13.6. The van der Waals surface area contributed by atoms with Crippen molar-refractivity contribution >= 4 is 17.4 Å². The molecule has 1 aliphatic rings. The molecule has 37 heavy (non-hydrogen) atoms. The number of rotatable bonds is 9. The Labute approximate surface area is 212 Å². The van der Waals surface area contributed by atoms with Crippen LogP contribution in [0, 0.1) is 0 Å². The van der Waals surface area contributed by atoms with Crippen LogP contribution in [-0.2, 0) is 12.7 Å². The minimum absolute atomic E-state index is 0.0301. The number of nitrogens with zero attached hydrogens (tertiary/aromatic N) is 2. The molecule has 0 bridgehead atoms. The van der Waals surface area contributed by atoms with E-state index in [1.165, 1.54) is 25.4 Å². The fourth-order valence-corrected chi connectivity index (χ4v) is 4.10. The van der Waals surface area contributed by atoms with E-state index in [1.54, 1.807) is 24.4 Å². The molecule has 0 spiro atoms. The third-order valence-electron chi connectivity index (χ3n) is 6.00. The van der Waals surface area contributed by atoms with Crippen molar-refractivity contribution in [3.8, 4) is 11.6 Å². The lowest BCUT2D eigenvalue weighted by Gasteiger charge is -2.22. The highest BCUT2D eigenvalue weighted by atomic mass is 19.4. The summed E-state index contributed by atoms with van der Waals surface area (Å²) < 4.78 is 51.8. The van der Waals surface area contributed by atoms with E-state index in [9.17, 15) is 18.0 Å². The molecular weight excluding hydrogens is 487 g/mol. The molecule has 1 fully saturated rings. The summed E-state index contributed by atoms with van der Waals surface area (Å²) in [5.74, 6) is 0.139. The highest BCUT2D eigenvalue weighted by Crippen LogP contribution is 2.35. The van der Waals surface area contributed by atoms with Gasteiger partial charge in [0, 0.05) is 42.8 Å². The number of alkyl halides is 3. The molecule has 196 valence electrons. The van der Waals surface area contributed by atoms with Crippen molar-refractivity contribution in [2.75, 3.05) is 24.3 Å². The molecule has 0 radical (unpaired) electrons. The topological polar surface area (TPSA) is 97.4 Å². The fourth-order valence-electron chi connectivity index (χ4n) is 4.10. The van der Waals surface area contributed by atoms with E-state index in [0.717, 1.165) is 37.1 Å². The summed E-state index contributed by atoms with van der Waals surface area (Å²) in [7, 11) is 1.51. The minimum atomic E-state index is -4.61. The van der Waals surface area contributed by atoms with E-state index in [4.69, 9.17) is 9.47 Å². The zero-order chi connectivity index (χ0) is 26.4. The molecule has 2 atom stereocenters. The number of methoxy groups -OCH3 is 1. The van der Waals surface area contributed by atoms with Crippen molar-refractivity contribution in [1.29, 1.82) is 0 Å². The van der Waals surface area contributed by atoms with Crippen molar-refractivity contribution in [3.63, 3.8) is 0 Å². The van der Waals surface area contributed by atoms with Crippen molar-refractivity contribution < 1.29 is 27.4 Å². The standard InChI is InChI=1S/C26H28F3N5O3/c1-16(22-6-4-8-30-22)37-20-13-18(26(27,28)29)12-19(14-20)34-25(35)21-5-3-9-32-24(21)33-15-17-7-10-31-23(11-17)36-2/h3,5,7,9-14,16,22,30H,4,6,8,15H2,1-2H3,(H,32,33)(H,34,35). The van der Waals surface area contributed by atoms with Gasteiger partial charge in [-0.15, -0.1) is 0 Å². The number of carbonyl (C=O) groups excluding carboxylic acids is 1. The lowest BCUT2D eigenvalue weighted by Crippen LogP contribution is -2.36. The summed E-state index contributed by atoms with van der Waals surface area (Å²) in [5.41, 5.74) is 0.0689. The van der Waals surface area contributed by atoms with E-state index in [-0.39, 0.29) is 35.0 Å². The first-order valence-electron chi connectivity index (χ1n) is 11.8. The van der Waals surface area contributed by atoms with Crippen molar-refractivity contribution in [2.24, 2.45) is 0 Å². The predicted octanol–water partition coefficient (Wildman–Crippen LogP) is 4.89. The smallest absolute Gasteiger partial charge is 0.416 e. The molecule has 4 rings (SSSR count). The largest absolute Gasteiger partial charge is 0.489 e. The lowest BCUT2D eigenvalue weighted by molar-refractivity contribution is -0.137. The summed E-state index contributed by atoms with van der Waals surface area (Å²) in [6.07, 6.45) is 0.0288. The molecule has 3 heterocycles. The Morgan fingerprint density at radius 2 is 2.03 bits per heavy atom. The second kappa shape index (κ2) is 11.5. The Morgan fingerprint density at radius 3 is 2.76 bits per heavy atom. The number of pyridine rings is 2. The number of anilines is 2. The predicted molar refractivity (Wildman–Crippen MR) is 133 cm³/mol. The summed E-state index contributed by atoms with van der Waals surface area (Å²) in [6.45, 7) is 2.98. The molecule has 11 heteroatoms. The van der Waals surface area contributed by atoms with E-state index >= 15 is 0 Å². The van der Waals surface area contributed by atoms with Gasteiger partial charge in [0.05, 0.1) is 18.2 Å². The molecule has 8 nitrogen and oxygen atoms in total. The van der Waals surface area contributed by atoms with Crippen LogP contribution >= 0.6 is 0 Å². The van der Waals surface area contributed by atoms with E-state index in [2.05, 4.69) is 25.9 Å². The molecule has 2 unspecified atom stereocenters. The van der Waals surface area contributed by atoms with E-state index in [1.807, 2.05) is 6.92 Å². The monoisotopic (exact) mass is 515 g/mol. The molecule has 1 aliphatic heterocycles. The first-order valence-corrected chi connectivity index (χ1v) is 11.8. The van der Waals surface area contributed by atoms with Crippen LogP contribution in [-0.4, -0.2) is 41.7 Å². The van der Waals surface area contributed by atoms with Gasteiger partial charge in [0.1, 0.15) is 17.7 Å². The average Bonchev–Trinajstić information content (AvgIpc) is 3.42. The van der Waals surface area contributed by atoms with Gasteiger partial charge in [-0.3, -0.25) is 4.79 Å². The van der Waals surface area contributed by atoms with Gasteiger partial charge in [-0.25, -0.2) is 9.97 Å². The van der Waals surface area contributed by atoms with Gasteiger partial charge in [0.15, 0.2) is 0 Å². The summed E-state index contributed by atoms with van der Waals surface area (Å²) in [6, 6.07) is 9.91. The second-order valence-corrected chi connectivity index (χ2v) is 8.68. The van der Waals surface area contributed by atoms with Gasteiger partial charge in [-0.05, 0) is 62.2 Å². The molecule has 1 saturated heterocycles. The number of benzene rings is 1. The number of nitrogens with one attached hydrogen (secondary N) is 3. The Hall–Kier alpha value is -3.86. The normalized spacial score (nSPS) is 16.2. The number of aromatic nitrogens is 2. The Kier molecular flexibility index (Phi) is 8.12. The summed E-state index contributed by atoms with van der Waals surface area (Å²) in [4.78, 5) is 21.4. The summed E-state index contributed by atoms with van der Waals surface area (Å²) >= 11 is 0. The molecule has 0 saturated carbocycles. The van der Waals surface area contributed by atoms with Gasteiger partial charge in [0.2, 0.25) is 5.88 Å².